The van der Waals surface area contributed by atoms with Gasteiger partial charge in [-0.05, 0) is 24.3 Å². The number of carbonyl (C=O) groups excluding carboxylic acids is 6. The van der Waals surface area contributed by atoms with E-state index in [-0.39, 0.29) is 22.3 Å². The molecule has 0 saturated carbocycles. The quantitative estimate of drug-likeness (QED) is 0.355. The zero-order valence-electron chi connectivity index (χ0n) is 16.8. The maximum atomic E-state index is 12.2. The Morgan fingerprint density at radius 1 is 0.656 bits per heavy atom. The molecule has 2 aliphatic rings. The molecule has 2 aromatic rings. The highest BCUT2D eigenvalue weighted by molar-refractivity contribution is 7.89. The molecule has 0 fully saturated rings. The van der Waals surface area contributed by atoms with Gasteiger partial charge in [-0.25, -0.2) is 10.9 Å². The first-order chi connectivity index (χ1) is 15.1. The summed E-state index contributed by atoms with van der Waals surface area (Å²) in [6.45, 7) is 0. The van der Waals surface area contributed by atoms with Gasteiger partial charge in [0, 0.05) is 0 Å². The number of nitrogens with zero attached hydrogens (tertiary/aromatic N) is 2. The van der Waals surface area contributed by atoms with Gasteiger partial charge in [-0.3, -0.25) is 28.8 Å². The minimum atomic E-state index is -1.40. The summed E-state index contributed by atoms with van der Waals surface area (Å²) in [5.41, 5.74) is 4.08. The van der Waals surface area contributed by atoms with Crippen LogP contribution in [0.4, 0.5) is 0 Å². The first-order valence-corrected chi connectivity index (χ1v) is 10.9. The Bertz CT molecular complexity index is 1000. The van der Waals surface area contributed by atoms with Gasteiger partial charge in [0.1, 0.15) is 0 Å². The number of imide groups is 2. The van der Waals surface area contributed by atoms with E-state index < -0.39 is 46.6 Å². The van der Waals surface area contributed by atoms with Crippen LogP contribution < -0.4 is 10.9 Å². The summed E-state index contributed by atoms with van der Waals surface area (Å²) < 4.78 is 9.56. The number of fused-ring (bicyclic) bond motifs is 2. The number of hydrogen-bond acceptors (Lipinski definition) is 7. The molecule has 0 unspecified atom stereocenters. The van der Waals surface area contributed by atoms with E-state index in [9.17, 15) is 33.3 Å². The van der Waals surface area contributed by atoms with Crippen molar-refractivity contribution in [2.45, 2.75) is 0 Å². The fourth-order valence-corrected chi connectivity index (χ4v) is 2.89. The first-order valence-electron chi connectivity index (χ1n) is 8.95. The van der Waals surface area contributed by atoms with Crippen molar-refractivity contribution in [1.29, 1.82) is 0 Å². The Hall–Kier alpha value is -4.03. The average molecular weight is 456 g/mol. The van der Waals surface area contributed by atoms with Crippen LogP contribution in [0.3, 0.4) is 0 Å². The van der Waals surface area contributed by atoms with Crippen LogP contribution in [0.25, 0.3) is 0 Å². The van der Waals surface area contributed by atoms with Crippen molar-refractivity contribution in [3.05, 3.63) is 70.8 Å². The Balaban J connectivity index is 0.000000668. The highest BCUT2D eigenvalue weighted by Crippen LogP contribution is 2.21. The van der Waals surface area contributed by atoms with Gasteiger partial charge in [-0.15, -0.1) is 0 Å². The maximum Gasteiger partial charge on any atom is 0.330 e. The van der Waals surface area contributed by atoms with E-state index in [0.29, 0.717) is 10.0 Å². The van der Waals surface area contributed by atoms with Gasteiger partial charge in [-0.1, -0.05) is 35.4 Å². The lowest BCUT2D eigenvalue weighted by atomic mass is 10.1. The van der Waals surface area contributed by atoms with Crippen molar-refractivity contribution >= 4 is 46.6 Å². The minimum absolute atomic E-state index is 0.0774. The SMILES string of the molecule is C[S+](C)[O-].O=C(NN1C(=O)c2ccccc2C1=O)C(=O)NN1C(=O)c2ccccc2C1=O. The smallest absolute Gasteiger partial charge is 0.330 e. The van der Waals surface area contributed by atoms with Crippen molar-refractivity contribution in [3.8, 4) is 0 Å². The van der Waals surface area contributed by atoms with E-state index in [0.717, 1.165) is 0 Å². The number of hydrogen-bond donors (Lipinski definition) is 2. The molecule has 0 radical (unpaired) electrons. The van der Waals surface area contributed by atoms with Gasteiger partial charge >= 0.3 is 11.8 Å². The predicted molar refractivity (Wildman–Crippen MR) is 110 cm³/mol. The number of nitrogens with one attached hydrogen (secondary N) is 2. The molecule has 0 aliphatic carbocycles. The topological polar surface area (TPSA) is 156 Å². The number of carbonyl (C=O) groups is 6. The zero-order chi connectivity index (χ0) is 23.6. The lowest BCUT2D eigenvalue weighted by Crippen LogP contribution is -2.55. The van der Waals surface area contributed by atoms with E-state index in [4.69, 9.17) is 0 Å². The predicted octanol–water partition coefficient (Wildman–Crippen LogP) is -0.364. The second kappa shape index (κ2) is 8.99. The van der Waals surface area contributed by atoms with Gasteiger partial charge in [0.15, 0.2) is 0 Å². The Morgan fingerprint density at radius 3 is 1.09 bits per heavy atom. The summed E-state index contributed by atoms with van der Waals surface area (Å²) in [5, 5.41) is 0.796. The summed E-state index contributed by atoms with van der Waals surface area (Å²) in [4.78, 5) is 73.0. The van der Waals surface area contributed by atoms with Crippen molar-refractivity contribution in [2.24, 2.45) is 0 Å². The molecule has 4 rings (SSSR count). The third kappa shape index (κ3) is 4.22. The summed E-state index contributed by atoms with van der Waals surface area (Å²) in [5.74, 6) is -6.01. The normalized spacial score (nSPS) is 14.1. The minimum Gasteiger partial charge on any atom is -0.617 e. The second-order valence-corrected chi connectivity index (χ2v) is 8.09. The van der Waals surface area contributed by atoms with Crippen molar-refractivity contribution < 1.29 is 33.3 Å². The van der Waals surface area contributed by atoms with Crippen molar-refractivity contribution in [2.75, 3.05) is 12.5 Å². The van der Waals surface area contributed by atoms with E-state index in [2.05, 4.69) is 0 Å². The fraction of sp³-hybridized carbons (Fsp3) is 0.100. The Kier molecular flexibility index (Phi) is 6.37. The molecular weight excluding hydrogens is 440 g/mol. The highest BCUT2D eigenvalue weighted by Gasteiger charge is 2.40. The van der Waals surface area contributed by atoms with E-state index in [1.165, 1.54) is 24.3 Å². The van der Waals surface area contributed by atoms with E-state index >= 15 is 0 Å². The molecule has 164 valence electrons. The molecule has 2 aliphatic heterocycles. The van der Waals surface area contributed by atoms with Crippen LogP contribution >= 0.6 is 0 Å². The monoisotopic (exact) mass is 456 g/mol. The van der Waals surface area contributed by atoms with Gasteiger partial charge < -0.3 is 4.55 Å². The van der Waals surface area contributed by atoms with Crippen LogP contribution in [0.2, 0.25) is 0 Å². The van der Waals surface area contributed by atoms with Crippen LogP contribution in [0.1, 0.15) is 41.4 Å². The first kappa shape index (κ1) is 22.7. The number of benzene rings is 2. The molecule has 0 spiro atoms. The largest absolute Gasteiger partial charge is 0.617 e. The summed E-state index contributed by atoms with van der Waals surface area (Å²) in [7, 11) is 0. The molecule has 32 heavy (non-hydrogen) atoms. The number of hydrazine groups is 2. The molecule has 2 aromatic carbocycles. The third-order valence-corrected chi connectivity index (χ3v) is 4.22. The van der Waals surface area contributed by atoms with Gasteiger partial charge in [0.05, 0.1) is 34.8 Å². The molecule has 0 aromatic heterocycles. The van der Waals surface area contributed by atoms with Crippen LogP contribution in [0.5, 0.6) is 0 Å². The van der Waals surface area contributed by atoms with Crippen LogP contribution in [-0.4, -0.2) is 62.5 Å². The third-order valence-electron chi connectivity index (χ3n) is 4.22. The molecule has 2 N–H and O–H groups in total. The van der Waals surface area contributed by atoms with Gasteiger partial charge in [0.25, 0.3) is 23.6 Å². The standard InChI is InChI=1S/C18H10N4O6.C2H6OS/c23-13(19-21-15(25)9-5-1-2-6-10(9)16(21)26)14(24)20-22-17(27)11-7-3-4-8-12(11)18(22)28;1-4(2)3/h1-8H,(H,19,23)(H,20,24);1-2H3. The molecule has 11 nitrogen and oxygen atoms in total. The average Bonchev–Trinajstić information content (AvgIpc) is 3.14. The molecule has 6 amide bonds. The zero-order valence-corrected chi connectivity index (χ0v) is 17.6. The number of rotatable bonds is 2. The van der Waals surface area contributed by atoms with Gasteiger partial charge in [0.2, 0.25) is 0 Å². The van der Waals surface area contributed by atoms with Gasteiger partial charge in [-0.2, -0.15) is 10.0 Å². The molecular formula is C20H16N4O7S. The summed E-state index contributed by atoms with van der Waals surface area (Å²) in [6, 6.07) is 11.8. The van der Waals surface area contributed by atoms with E-state index in [1.807, 2.05) is 10.9 Å². The van der Waals surface area contributed by atoms with Crippen molar-refractivity contribution in [3.63, 3.8) is 0 Å². The second-order valence-electron chi connectivity index (χ2n) is 6.61. The summed E-state index contributed by atoms with van der Waals surface area (Å²) in [6.07, 6.45) is 3.28. The maximum absolute atomic E-state index is 12.2. The van der Waals surface area contributed by atoms with Crippen LogP contribution in [-0.2, 0) is 20.8 Å². The van der Waals surface area contributed by atoms with E-state index in [1.54, 1.807) is 36.8 Å². The molecule has 2 heterocycles. The fourth-order valence-electron chi connectivity index (χ4n) is 2.89. The van der Waals surface area contributed by atoms with Crippen LogP contribution in [0, 0.1) is 0 Å². The molecule has 0 saturated heterocycles. The molecule has 12 heteroatoms. The summed E-state index contributed by atoms with van der Waals surface area (Å²) >= 11 is -0.611. The molecule has 0 bridgehead atoms. The number of amides is 6. The lowest BCUT2D eigenvalue weighted by Gasteiger charge is -2.17. The molecule has 0 atom stereocenters. The Morgan fingerprint density at radius 2 is 0.875 bits per heavy atom. The van der Waals surface area contributed by atoms with Crippen molar-refractivity contribution in [1.82, 2.24) is 20.9 Å². The lowest BCUT2D eigenvalue weighted by molar-refractivity contribution is -0.142. The Labute approximate surface area is 184 Å². The highest BCUT2D eigenvalue weighted by atomic mass is 32.2. The van der Waals surface area contributed by atoms with Crippen LogP contribution in [0.15, 0.2) is 48.5 Å².